The number of benzene rings is 2. The fraction of sp³-hybridized carbons (Fsp3) is 0.150. The van der Waals surface area contributed by atoms with E-state index in [1.807, 2.05) is 31.2 Å². The first kappa shape index (κ1) is 16.5. The molecule has 0 aliphatic carbocycles. The van der Waals surface area contributed by atoms with Crippen molar-refractivity contribution < 1.29 is 0 Å². The van der Waals surface area contributed by atoms with Gasteiger partial charge in [0, 0.05) is 23.1 Å². The maximum Gasteiger partial charge on any atom is 0.229 e. The highest BCUT2D eigenvalue weighted by Crippen LogP contribution is 2.22. The zero-order valence-corrected chi connectivity index (χ0v) is 14.5. The molecule has 5 heteroatoms. The Morgan fingerprint density at radius 2 is 1.64 bits per heavy atom. The molecular weight excluding hydrogens is 310 g/mol. The van der Waals surface area contributed by atoms with Gasteiger partial charge in [-0.2, -0.15) is 10.2 Å². The lowest BCUT2D eigenvalue weighted by molar-refractivity contribution is 1.10. The molecular formula is C20H19N5. The number of anilines is 4. The maximum atomic E-state index is 8.87. The first-order chi connectivity index (χ1) is 12.0. The lowest BCUT2D eigenvalue weighted by atomic mass is 10.1. The Morgan fingerprint density at radius 1 is 0.880 bits per heavy atom. The maximum absolute atomic E-state index is 8.87. The van der Waals surface area contributed by atoms with Gasteiger partial charge in [-0.25, -0.2) is 4.98 Å². The summed E-state index contributed by atoms with van der Waals surface area (Å²) < 4.78 is 0. The Labute approximate surface area is 147 Å². The third-order valence-corrected chi connectivity index (χ3v) is 3.77. The van der Waals surface area contributed by atoms with Crippen LogP contribution >= 0.6 is 0 Å². The van der Waals surface area contributed by atoms with Gasteiger partial charge in [-0.15, -0.1) is 0 Å². The number of hydrogen-bond acceptors (Lipinski definition) is 5. The zero-order valence-electron chi connectivity index (χ0n) is 14.5. The van der Waals surface area contributed by atoms with E-state index in [0.29, 0.717) is 17.3 Å². The molecule has 3 aromatic rings. The van der Waals surface area contributed by atoms with Crippen LogP contribution in [0.4, 0.5) is 23.1 Å². The summed E-state index contributed by atoms with van der Waals surface area (Å²) in [4.78, 5) is 8.99. The predicted octanol–water partition coefficient (Wildman–Crippen LogP) is 4.76. The van der Waals surface area contributed by atoms with Crippen molar-refractivity contribution in [1.29, 1.82) is 5.26 Å². The number of nitriles is 1. The number of rotatable bonds is 4. The molecule has 124 valence electrons. The second kappa shape index (κ2) is 7.02. The van der Waals surface area contributed by atoms with Crippen molar-refractivity contribution in [1.82, 2.24) is 9.97 Å². The molecule has 0 unspecified atom stereocenters. The lowest BCUT2D eigenvalue weighted by Crippen LogP contribution is -2.03. The van der Waals surface area contributed by atoms with Crippen LogP contribution in [0.3, 0.4) is 0 Å². The minimum absolute atomic E-state index is 0.545. The summed E-state index contributed by atoms with van der Waals surface area (Å²) in [5.74, 6) is 1.24. The van der Waals surface area contributed by atoms with E-state index in [1.165, 1.54) is 5.56 Å². The van der Waals surface area contributed by atoms with Crippen LogP contribution in [-0.4, -0.2) is 9.97 Å². The van der Waals surface area contributed by atoms with E-state index in [4.69, 9.17) is 5.26 Å². The van der Waals surface area contributed by atoms with Crippen LogP contribution in [0.5, 0.6) is 0 Å². The summed E-state index contributed by atoms with van der Waals surface area (Å²) in [6.45, 7) is 6.05. The van der Waals surface area contributed by atoms with E-state index in [2.05, 4.69) is 52.7 Å². The van der Waals surface area contributed by atoms with Crippen molar-refractivity contribution in [2.45, 2.75) is 20.8 Å². The highest BCUT2D eigenvalue weighted by atomic mass is 15.1. The summed E-state index contributed by atoms with van der Waals surface area (Å²) in [5, 5.41) is 15.4. The topological polar surface area (TPSA) is 73.6 Å². The molecule has 0 fully saturated rings. The van der Waals surface area contributed by atoms with Gasteiger partial charge in [-0.05, 0) is 56.7 Å². The molecule has 2 aromatic carbocycles. The van der Waals surface area contributed by atoms with Crippen molar-refractivity contribution in [3.63, 3.8) is 0 Å². The number of nitrogens with one attached hydrogen (secondary N) is 2. The highest BCUT2D eigenvalue weighted by molar-refractivity contribution is 5.62. The molecule has 0 amide bonds. The van der Waals surface area contributed by atoms with Crippen molar-refractivity contribution in [2.24, 2.45) is 0 Å². The van der Waals surface area contributed by atoms with Crippen LogP contribution in [-0.2, 0) is 0 Å². The first-order valence-electron chi connectivity index (χ1n) is 8.00. The van der Waals surface area contributed by atoms with Crippen LogP contribution in [0.15, 0.2) is 48.5 Å². The van der Waals surface area contributed by atoms with E-state index in [-0.39, 0.29) is 0 Å². The average molecular weight is 329 g/mol. The largest absolute Gasteiger partial charge is 0.340 e. The Bertz CT molecular complexity index is 939. The molecule has 2 N–H and O–H groups in total. The molecule has 0 radical (unpaired) electrons. The van der Waals surface area contributed by atoms with Crippen LogP contribution in [0.1, 0.15) is 22.4 Å². The Hall–Kier alpha value is -3.39. The number of aryl methyl sites for hydroxylation is 3. The first-order valence-corrected chi connectivity index (χ1v) is 8.00. The Balaban J connectivity index is 1.83. The molecule has 25 heavy (non-hydrogen) atoms. The average Bonchev–Trinajstić information content (AvgIpc) is 2.58. The van der Waals surface area contributed by atoms with Gasteiger partial charge in [0.1, 0.15) is 5.82 Å². The molecule has 1 heterocycles. The van der Waals surface area contributed by atoms with E-state index >= 15 is 0 Å². The summed E-state index contributed by atoms with van der Waals surface area (Å²) in [7, 11) is 0. The minimum Gasteiger partial charge on any atom is -0.340 e. The minimum atomic E-state index is 0.545. The molecule has 0 aliphatic heterocycles. The van der Waals surface area contributed by atoms with Crippen LogP contribution < -0.4 is 10.6 Å². The van der Waals surface area contributed by atoms with E-state index in [0.717, 1.165) is 22.6 Å². The van der Waals surface area contributed by atoms with Crippen molar-refractivity contribution >= 4 is 23.1 Å². The highest BCUT2D eigenvalue weighted by Gasteiger charge is 2.05. The van der Waals surface area contributed by atoms with Gasteiger partial charge in [0.05, 0.1) is 11.6 Å². The van der Waals surface area contributed by atoms with Gasteiger partial charge in [0.25, 0.3) is 0 Å². The molecule has 0 saturated heterocycles. The second-order valence-corrected chi connectivity index (χ2v) is 5.98. The SMILES string of the molecule is Cc1ccc(Nc2nc(C)cc(Nc3ccc(C#N)cc3)n2)c(C)c1. The van der Waals surface area contributed by atoms with Gasteiger partial charge in [0.15, 0.2) is 0 Å². The predicted molar refractivity (Wildman–Crippen MR) is 100 cm³/mol. The zero-order chi connectivity index (χ0) is 17.8. The lowest BCUT2D eigenvalue weighted by Gasteiger charge is -2.12. The van der Waals surface area contributed by atoms with Gasteiger partial charge in [-0.3, -0.25) is 0 Å². The summed E-state index contributed by atoms with van der Waals surface area (Å²) in [5.41, 5.74) is 5.71. The quantitative estimate of drug-likeness (QED) is 0.722. The Kier molecular flexibility index (Phi) is 4.62. The molecule has 0 aliphatic rings. The van der Waals surface area contributed by atoms with Gasteiger partial charge >= 0.3 is 0 Å². The second-order valence-electron chi connectivity index (χ2n) is 5.98. The van der Waals surface area contributed by atoms with Gasteiger partial charge < -0.3 is 10.6 Å². The monoisotopic (exact) mass is 329 g/mol. The normalized spacial score (nSPS) is 10.2. The van der Waals surface area contributed by atoms with E-state index in [1.54, 1.807) is 12.1 Å². The molecule has 0 atom stereocenters. The summed E-state index contributed by atoms with van der Waals surface area (Å²) >= 11 is 0. The van der Waals surface area contributed by atoms with Crippen molar-refractivity contribution in [2.75, 3.05) is 10.6 Å². The van der Waals surface area contributed by atoms with Crippen molar-refractivity contribution in [3.05, 3.63) is 70.9 Å². The van der Waals surface area contributed by atoms with Crippen molar-refractivity contribution in [3.8, 4) is 6.07 Å². The molecule has 0 bridgehead atoms. The molecule has 5 nitrogen and oxygen atoms in total. The number of aromatic nitrogens is 2. The molecule has 0 saturated carbocycles. The van der Waals surface area contributed by atoms with Crippen LogP contribution in [0.25, 0.3) is 0 Å². The molecule has 3 rings (SSSR count). The van der Waals surface area contributed by atoms with E-state index in [9.17, 15) is 0 Å². The van der Waals surface area contributed by atoms with Crippen LogP contribution in [0.2, 0.25) is 0 Å². The number of nitrogens with zero attached hydrogens (tertiary/aromatic N) is 3. The number of hydrogen-bond donors (Lipinski definition) is 2. The summed E-state index contributed by atoms with van der Waals surface area (Å²) in [6.07, 6.45) is 0. The third-order valence-electron chi connectivity index (χ3n) is 3.77. The fourth-order valence-electron chi connectivity index (χ4n) is 2.54. The fourth-order valence-corrected chi connectivity index (χ4v) is 2.54. The standard InChI is InChI=1S/C20H19N5/c1-13-4-9-18(14(2)10-13)24-20-22-15(3)11-19(25-20)23-17-7-5-16(12-21)6-8-17/h4-11H,1-3H3,(H2,22,23,24,25). The Morgan fingerprint density at radius 3 is 2.32 bits per heavy atom. The van der Waals surface area contributed by atoms with Gasteiger partial charge in [-0.1, -0.05) is 17.7 Å². The van der Waals surface area contributed by atoms with Crippen LogP contribution in [0, 0.1) is 32.1 Å². The third kappa shape index (κ3) is 4.12. The molecule has 1 aromatic heterocycles. The smallest absolute Gasteiger partial charge is 0.229 e. The van der Waals surface area contributed by atoms with E-state index < -0.39 is 0 Å². The summed E-state index contributed by atoms with van der Waals surface area (Å²) in [6, 6.07) is 17.4. The van der Waals surface area contributed by atoms with Gasteiger partial charge in [0.2, 0.25) is 5.95 Å². The molecule has 0 spiro atoms.